The highest BCUT2D eigenvalue weighted by Gasteiger charge is 2.38. The van der Waals surface area contributed by atoms with Gasteiger partial charge in [0.1, 0.15) is 0 Å². The molecule has 144 valence electrons. The van der Waals surface area contributed by atoms with Crippen molar-refractivity contribution in [1.82, 2.24) is 25.3 Å². The van der Waals surface area contributed by atoms with Gasteiger partial charge >= 0.3 is 18.1 Å². The fourth-order valence-corrected chi connectivity index (χ4v) is 3.22. The Morgan fingerprint density at radius 2 is 1.85 bits per heavy atom. The first-order chi connectivity index (χ1) is 12.3. The monoisotopic (exact) mass is 375 g/mol. The van der Waals surface area contributed by atoms with E-state index in [1.807, 2.05) is 0 Å². The van der Waals surface area contributed by atoms with Gasteiger partial charge in [0, 0.05) is 26.2 Å². The van der Waals surface area contributed by atoms with Gasteiger partial charge in [0.25, 0.3) is 0 Å². The quantitative estimate of drug-likeness (QED) is 0.867. The van der Waals surface area contributed by atoms with Crippen LogP contribution in [0.15, 0.2) is 4.52 Å². The van der Waals surface area contributed by atoms with Crippen molar-refractivity contribution in [2.24, 2.45) is 5.92 Å². The molecule has 2 aliphatic heterocycles. The normalized spacial score (nSPS) is 21.1. The SMILES string of the molecule is O=C(NCc1noc(C(F)(F)F)n1)C1CCCN(C(=O)N2CCCC2)C1. The van der Waals surface area contributed by atoms with Crippen LogP contribution in [0, 0.1) is 5.92 Å². The topological polar surface area (TPSA) is 91.6 Å². The molecule has 0 aromatic carbocycles. The largest absolute Gasteiger partial charge is 0.471 e. The van der Waals surface area contributed by atoms with Crippen molar-refractivity contribution in [1.29, 1.82) is 0 Å². The van der Waals surface area contributed by atoms with Crippen LogP contribution in [-0.4, -0.2) is 58.1 Å². The summed E-state index contributed by atoms with van der Waals surface area (Å²) in [5.74, 6) is -2.42. The van der Waals surface area contributed by atoms with Gasteiger partial charge in [-0.15, -0.1) is 0 Å². The minimum absolute atomic E-state index is 0.0482. The van der Waals surface area contributed by atoms with E-state index in [0.29, 0.717) is 25.9 Å². The van der Waals surface area contributed by atoms with Gasteiger partial charge in [-0.1, -0.05) is 5.16 Å². The van der Waals surface area contributed by atoms with E-state index in [0.717, 1.165) is 25.9 Å². The average Bonchev–Trinajstić information content (AvgIpc) is 3.30. The Bertz CT molecular complexity index is 657. The Labute approximate surface area is 147 Å². The number of halogens is 3. The van der Waals surface area contributed by atoms with Crippen LogP contribution in [0.25, 0.3) is 0 Å². The van der Waals surface area contributed by atoms with Crippen LogP contribution < -0.4 is 5.32 Å². The Morgan fingerprint density at radius 3 is 2.50 bits per heavy atom. The lowest BCUT2D eigenvalue weighted by Gasteiger charge is -2.34. The third-order valence-electron chi connectivity index (χ3n) is 4.57. The van der Waals surface area contributed by atoms with E-state index in [2.05, 4.69) is 20.0 Å². The molecule has 11 heteroatoms. The molecule has 3 heterocycles. The summed E-state index contributed by atoms with van der Waals surface area (Å²) < 4.78 is 41.4. The maximum Gasteiger partial charge on any atom is 0.471 e. The summed E-state index contributed by atoms with van der Waals surface area (Å²) in [5, 5.41) is 5.72. The van der Waals surface area contributed by atoms with Crippen molar-refractivity contribution in [3.05, 3.63) is 11.7 Å². The number of carbonyl (C=O) groups excluding carboxylic acids is 2. The summed E-state index contributed by atoms with van der Waals surface area (Å²) >= 11 is 0. The van der Waals surface area contributed by atoms with E-state index in [4.69, 9.17) is 0 Å². The summed E-state index contributed by atoms with van der Waals surface area (Å²) in [6.07, 6.45) is -1.40. The predicted octanol–water partition coefficient (Wildman–Crippen LogP) is 1.63. The number of hydrogen-bond donors (Lipinski definition) is 1. The Balaban J connectivity index is 1.51. The molecule has 2 aliphatic rings. The molecule has 8 nitrogen and oxygen atoms in total. The molecule has 1 unspecified atom stereocenters. The molecule has 1 aromatic heterocycles. The first kappa shape index (κ1) is 18.5. The minimum atomic E-state index is -4.71. The van der Waals surface area contributed by atoms with Crippen molar-refractivity contribution >= 4 is 11.9 Å². The molecule has 0 saturated carbocycles. The zero-order chi connectivity index (χ0) is 18.7. The van der Waals surface area contributed by atoms with Crippen LogP contribution >= 0.6 is 0 Å². The van der Waals surface area contributed by atoms with E-state index in [1.165, 1.54) is 0 Å². The molecule has 1 aromatic rings. The first-order valence-electron chi connectivity index (χ1n) is 8.56. The van der Waals surface area contributed by atoms with Gasteiger partial charge in [-0.3, -0.25) is 4.79 Å². The van der Waals surface area contributed by atoms with E-state index in [1.54, 1.807) is 9.80 Å². The van der Waals surface area contributed by atoms with Crippen molar-refractivity contribution in [2.75, 3.05) is 26.2 Å². The van der Waals surface area contributed by atoms with Gasteiger partial charge in [0.05, 0.1) is 12.5 Å². The number of likely N-dealkylation sites (tertiary alicyclic amines) is 2. The standard InChI is InChI=1S/C15H20F3N5O3/c16-15(17,18)13-20-11(21-26-13)8-19-12(24)10-4-3-7-23(9-10)14(25)22-5-1-2-6-22/h10H,1-9H2,(H,19,24). The van der Waals surface area contributed by atoms with Crippen LogP contribution in [0.2, 0.25) is 0 Å². The number of amides is 3. The Hall–Kier alpha value is -2.33. The van der Waals surface area contributed by atoms with Crippen LogP contribution in [0.1, 0.15) is 37.4 Å². The number of piperidine rings is 1. The lowest BCUT2D eigenvalue weighted by Crippen LogP contribution is -2.49. The van der Waals surface area contributed by atoms with Gasteiger partial charge in [0.15, 0.2) is 5.82 Å². The summed E-state index contributed by atoms with van der Waals surface area (Å²) in [5.41, 5.74) is 0. The summed E-state index contributed by atoms with van der Waals surface area (Å²) in [4.78, 5) is 31.4. The Kier molecular flexibility index (Phi) is 5.33. The molecule has 2 fully saturated rings. The molecule has 0 radical (unpaired) electrons. The highest BCUT2D eigenvalue weighted by Crippen LogP contribution is 2.27. The zero-order valence-electron chi connectivity index (χ0n) is 14.1. The molecular formula is C15H20F3N5O3. The van der Waals surface area contributed by atoms with Crippen LogP contribution in [0.3, 0.4) is 0 Å². The highest BCUT2D eigenvalue weighted by molar-refractivity contribution is 5.80. The van der Waals surface area contributed by atoms with Gasteiger partial charge in [-0.2, -0.15) is 18.2 Å². The smallest absolute Gasteiger partial charge is 0.348 e. The first-order valence-corrected chi connectivity index (χ1v) is 8.56. The molecule has 0 spiro atoms. The molecule has 3 rings (SSSR count). The van der Waals surface area contributed by atoms with E-state index >= 15 is 0 Å². The minimum Gasteiger partial charge on any atom is -0.348 e. The molecule has 1 atom stereocenters. The molecule has 26 heavy (non-hydrogen) atoms. The van der Waals surface area contributed by atoms with E-state index in [9.17, 15) is 22.8 Å². The number of aromatic nitrogens is 2. The molecule has 0 bridgehead atoms. The number of urea groups is 1. The molecule has 0 aliphatic carbocycles. The average molecular weight is 375 g/mol. The van der Waals surface area contributed by atoms with Gasteiger partial charge in [-0.05, 0) is 25.7 Å². The predicted molar refractivity (Wildman–Crippen MR) is 81.6 cm³/mol. The maximum absolute atomic E-state index is 12.4. The van der Waals surface area contributed by atoms with Gasteiger partial charge in [0.2, 0.25) is 5.91 Å². The number of carbonyl (C=O) groups is 2. The van der Waals surface area contributed by atoms with Gasteiger partial charge < -0.3 is 19.6 Å². The van der Waals surface area contributed by atoms with Gasteiger partial charge in [-0.25, -0.2) is 4.79 Å². The third kappa shape index (κ3) is 4.25. The lowest BCUT2D eigenvalue weighted by atomic mass is 9.97. The number of alkyl halides is 3. The zero-order valence-corrected chi connectivity index (χ0v) is 14.1. The Morgan fingerprint density at radius 1 is 1.15 bits per heavy atom. The van der Waals surface area contributed by atoms with Crippen molar-refractivity contribution in [3.8, 4) is 0 Å². The van der Waals surface area contributed by atoms with E-state index < -0.39 is 18.0 Å². The lowest BCUT2D eigenvalue weighted by molar-refractivity contribution is -0.159. The second-order valence-corrected chi connectivity index (χ2v) is 6.49. The highest BCUT2D eigenvalue weighted by atomic mass is 19.4. The molecule has 1 N–H and O–H groups in total. The van der Waals surface area contributed by atoms with Crippen molar-refractivity contribution < 1.29 is 27.3 Å². The number of nitrogens with zero attached hydrogens (tertiary/aromatic N) is 4. The third-order valence-corrected chi connectivity index (χ3v) is 4.57. The molecule has 2 saturated heterocycles. The summed E-state index contributed by atoms with van der Waals surface area (Å²) in [6, 6.07) is -0.0482. The second-order valence-electron chi connectivity index (χ2n) is 6.49. The van der Waals surface area contributed by atoms with Crippen LogP contribution in [-0.2, 0) is 17.5 Å². The molecular weight excluding hydrogens is 355 g/mol. The van der Waals surface area contributed by atoms with Crippen molar-refractivity contribution in [2.45, 2.75) is 38.4 Å². The number of rotatable bonds is 3. The number of nitrogens with one attached hydrogen (secondary N) is 1. The van der Waals surface area contributed by atoms with Crippen molar-refractivity contribution in [3.63, 3.8) is 0 Å². The fraction of sp³-hybridized carbons (Fsp3) is 0.733. The van der Waals surface area contributed by atoms with Crippen LogP contribution in [0.4, 0.5) is 18.0 Å². The summed E-state index contributed by atoms with van der Waals surface area (Å²) in [7, 11) is 0. The second kappa shape index (κ2) is 7.50. The maximum atomic E-state index is 12.4. The number of hydrogen-bond acceptors (Lipinski definition) is 5. The van der Waals surface area contributed by atoms with E-state index in [-0.39, 0.29) is 24.3 Å². The van der Waals surface area contributed by atoms with Crippen LogP contribution in [0.5, 0.6) is 0 Å². The summed E-state index contributed by atoms with van der Waals surface area (Å²) in [6.45, 7) is 2.15. The fourth-order valence-electron chi connectivity index (χ4n) is 3.22. The molecule has 3 amide bonds.